The first kappa shape index (κ1) is 19.1. The number of halogens is 7. The van der Waals surface area contributed by atoms with E-state index in [1.54, 1.807) is 24.3 Å². The van der Waals surface area contributed by atoms with Gasteiger partial charge < -0.3 is 0 Å². The zero-order valence-electron chi connectivity index (χ0n) is 12.6. The predicted molar refractivity (Wildman–Crippen MR) is 83.7 cm³/mol. The van der Waals surface area contributed by atoms with E-state index in [1.165, 1.54) is 6.92 Å². The van der Waals surface area contributed by atoms with Crippen molar-refractivity contribution in [1.29, 1.82) is 0 Å². The van der Waals surface area contributed by atoms with Gasteiger partial charge in [-0.2, -0.15) is 31.4 Å². The fourth-order valence-corrected chi connectivity index (χ4v) is 2.14. The van der Waals surface area contributed by atoms with Crippen LogP contribution in [-0.2, 0) is 12.4 Å². The third-order valence-corrected chi connectivity index (χ3v) is 3.42. The van der Waals surface area contributed by atoms with E-state index in [1.807, 2.05) is 0 Å². The summed E-state index contributed by atoms with van der Waals surface area (Å²) in [6, 6.07) is 7.65. The molecule has 1 N–H and O–H groups in total. The second-order valence-corrected chi connectivity index (χ2v) is 5.55. The third-order valence-electron chi connectivity index (χ3n) is 3.18. The molecule has 2 nitrogen and oxygen atoms in total. The Morgan fingerprint density at radius 2 is 1.48 bits per heavy atom. The maximum atomic E-state index is 12.8. The van der Waals surface area contributed by atoms with Gasteiger partial charge in [-0.05, 0) is 42.8 Å². The molecule has 2 rings (SSSR count). The van der Waals surface area contributed by atoms with Crippen molar-refractivity contribution in [3.63, 3.8) is 0 Å². The summed E-state index contributed by atoms with van der Waals surface area (Å²) in [5.74, 6) is 0. The molecule has 0 unspecified atom stereocenters. The van der Waals surface area contributed by atoms with Gasteiger partial charge in [0.1, 0.15) is 0 Å². The molecule has 0 aliphatic rings. The minimum Gasteiger partial charge on any atom is -0.278 e. The summed E-state index contributed by atoms with van der Waals surface area (Å²) in [6.07, 6.45) is -9.83. The quantitative estimate of drug-likeness (QED) is 0.382. The lowest BCUT2D eigenvalue weighted by Crippen LogP contribution is -2.11. The van der Waals surface area contributed by atoms with Crippen molar-refractivity contribution in [2.45, 2.75) is 19.3 Å². The largest absolute Gasteiger partial charge is 0.416 e. The first-order valence-electron chi connectivity index (χ1n) is 6.82. The molecule has 0 aliphatic carbocycles. The second kappa shape index (κ2) is 6.95. The molecular weight excluding hydrogens is 370 g/mol. The molecule has 0 atom stereocenters. The molecule has 0 spiro atoms. The fraction of sp³-hybridized carbons (Fsp3) is 0.188. The Labute approximate surface area is 144 Å². The van der Waals surface area contributed by atoms with E-state index in [0.29, 0.717) is 28.4 Å². The number of hydrogen-bond acceptors (Lipinski definition) is 2. The van der Waals surface area contributed by atoms with Crippen molar-refractivity contribution in [2.75, 3.05) is 5.43 Å². The minimum absolute atomic E-state index is 0.0543. The van der Waals surface area contributed by atoms with Crippen LogP contribution in [0.3, 0.4) is 0 Å². The van der Waals surface area contributed by atoms with Gasteiger partial charge in [0.25, 0.3) is 0 Å². The summed E-state index contributed by atoms with van der Waals surface area (Å²) in [4.78, 5) is 0. The lowest BCUT2D eigenvalue weighted by molar-refractivity contribution is -0.143. The van der Waals surface area contributed by atoms with Gasteiger partial charge >= 0.3 is 12.4 Å². The normalized spacial score (nSPS) is 13.0. The first-order valence-corrected chi connectivity index (χ1v) is 7.20. The Morgan fingerprint density at radius 1 is 0.920 bits per heavy atom. The van der Waals surface area contributed by atoms with Crippen molar-refractivity contribution >= 4 is 23.0 Å². The highest BCUT2D eigenvalue weighted by Crippen LogP contribution is 2.37. The monoisotopic (exact) mass is 380 g/mol. The van der Waals surface area contributed by atoms with Gasteiger partial charge in [-0.1, -0.05) is 23.7 Å². The van der Waals surface area contributed by atoms with Gasteiger partial charge in [-0.25, -0.2) is 0 Å². The molecule has 0 aliphatic heterocycles. The highest BCUT2D eigenvalue weighted by molar-refractivity contribution is 6.31. The molecule has 0 amide bonds. The maximum Gasteiger partial charge on any atom is 0.416 e. The molecule has 0 bridgehead atoms. The predicted octanol–water partition coefficient (Wildman–Crippen LogP) is 6.21. The number of alkyl halides is 6. The van der Waals surface area contributed by atoms with Crippen LogP contribution < -0.4 is 5.43 Å². The lowest BCUT2D eigenvalue weighted by Gasteiger charge is -2.14. The molecule has 0 saturated heterocycles. The van der Waals surface area contributed by atoms with Crippen LogP contribution >= 0.6 is 11.6 Å². The highest BCUT2D eigenvalue weighted by atomic mass is 35.5. The van der Waals surface area contributed by atoms with E-state index in [2.05, 4.69) is 10.5 Å². The van der Waals surface area contributed by atoms with Crippen LogP contribution in [0, 0.1) is 0 Å². The number of anilines is 1. The fourth-order valence-electron chi connectivity index (χ4n) is 1.95. The van der Waals surface area contributed by atoms with Crippen LogP contribution in [0.15, 0.2) is 47.6 Å². The van der Waals surface area contributed by atoms with Crippen LogP contribution in [0.4, 0.5) is 32.0 Å². The zero-order valence-corrected chi connectivity index (χ0v) is 13.4. The minimum atomic E-state index is -4.91. The van der Waals surface area contributed by atoms with Crippen molar-refractivity contribution in [3.05, 3.63) is 64.2 Å². The summed E-state index contributed by atoms with van der Waals surface area (Å²) in [7, 11) is 0. The standard InChI is InChI=1S/C16H11ClF6N2/c1-9(10-3-2-4-13(17)5-10)24-25-14-7-11(15(18,19)20)6-12(8-14)16(21,22)23/h2-8,25H,1H3. The average Bonchev–Trinajstić information content (AvgIpc) is 2.50. The number of hydrogen-bond donors (Lipinski definition) is 1. The van der Waals surface area contributed by atoms with Gasteiger partial charge in [-0.3, -0.25) is 5.43 Å². The lowest BCUT2D eigenvalue weighted by atomic mass is 10.1. The molecule has 0 fully saturated rings. The molecule has 0 aromatic heterocycles. The number of rotatable bonds is 3. The number of nitrogens with zero attached hydrogens (tertiary/aromatic N) is 1. The Bertz CT molecular complexity index is 764. The summed E-state index contributed by atoms with van der Waals surface area (Å²) >= 11 is 5.82. The van der Waals surface area contributed by atoms with E-state index in [9.17, 15) is 26.3 Å². The van der Waals surface area contributed by atoms with Crippen LogP contribution in [0.1, 0.15) is 23.6 Å². The van der Waals surface area contributed by atoms with Gasteiger partial charge in [0.15, 0.2) is 0 Å². The van der Waals surface area contributed by atoms with E-state index in [0.717, 1.165) is 0 Å². The number of hydrazone groups is 1. The van der Waals surface area contributed by atoms with Gasteiger partial charge in [0.05, 0.1) is 22.5 Å². The van der Waals surface area contributed by atoms with Crippen LogP contribution in [0.5, 0.6) is 0 Å². The Hall–Kier alpha value is -2.22. The molecule has 2 aromatic rings. The maximum absolute atomic E-state index is 12.8. The molecular formula is C16H11ClF6N2. The molecule has 9 heteroatoms. The molecule has 0 radical (unpaired) electrons. The molecule has 134 valence electrons. The van der Waals surface area contributed by atoms with E-state index in [-0.39, 0.29) is 6.07 Å². The molecule has 2 aromatic carbocycles. The molecule has 0 saturated carbocycles. The van der Waals surface area contributed by atoms with Crippen LogP contribution in [0.25, 0.3) is 0 Å². The first-order chi connectivity index (χ1) is 11.5. The summed E-state index contributed by atoms with van der Waals surface area (Å²) < 4.78 is 76.8. The highest BCUT2D eigenvalue weighted by Gasteiger charge is 2.36. The zero-order chi connectivity index (χ0) is 18.8. The number of nitrogens with one attached hydrogen (secondary N) is 1. The number of benzene rings is 2. The van der Waals surface area contributed by atoms with E-state index in [4.69, 9.17) is 11.6 Å². The van der Waals surface area contributed by atoms with Crippen LogP contribution in [-0.4, -0.2) is 5.71 Å². The van der Waals surface area contributed by atoms with Gasteiger partial charge in [-0.15, -0.1) is 0 Å². The molecule has 0 heterocycles. The van der Waals surface area contributed by atoms with Gasteiger partial charge in [0.2, 0.25) is 0 Å². The van der Waals surface area contributed by atoms with Crippen LogP contribution in [0.2, 0.25) is 5.02 Å². The Morgan fingerprint density at radius 3 is 1.96 bits per heavy atom. The Kier molecular flexibility index (Phi) is 5.31. The third kappa shape index (κ3) is 5.12. The van der Waals surface area contributed by atoms with Crippen molar-refractivity contribution in [2.24, 2.45) is 5.10 Å². The average molecular weight is 381 g/mol. The molecule has 25 heavy (non-hydrogen) atoms. The smallest absolute Gasteiger partial charge is 0.278 e. The van der Waals surface area contributed by atoms with Crippen molar-refractivity contribution < 1.29 is 26.3 Å². The summed E-state index contributed by atoms with van der Waals surface area (Å²) in [5.41, 5.74) is -0.114. The summed E-state index contributed by atoms with van der Waals surface area (Å²) in [5, 5.41) is 4.25. The SMILES string of the molecule is CC(=NNc1cc(C(F)(F)F)cc(C(F)(F)F)c1)c1cccc(Cl)c1. The topological polar surface area (TPSA) is 24.4 Å². The van der Waals surface area contributed by atoms with Gasteiger partial charge in [0, 0.05) is 5.02 Å². The summed E-state index contributed by atoms with van der Waals surface area (Å²) in [6.45, 7) is 1.54. The van der Waals surface area contributed by atoms with E-state index >= 15 is 0 Å². The Balaban J connectivity index is 2.37. The van der Waals surface area contributed by atoms with Crippen molar-refractivity contribution in [3.8, 4) is 0 Å². The van der Waals surface area contributed by atoms with E-state index < -0.39 is 29.2 Å². The second-order valence-electron chi connectivity index (χ2n) is 5.11. The van der Waals surface area contributed by atoms with Crippen molar-refractivity contribution in [1.82, 2.24) is 0 Å².